The van der Waals surface area contributed by atoms with E-state index in [-0.39, 0.29) is 11.5 Å². The molecule has 0 saturated carbocycles. The van der Waals surface area contributed by atoms with Crippen molar-refractivity contribution < 1.29 is 32.2 Å². The molecule has 2 N–H and O–H groups in total. The lowest BCUT2D eigenvalue weighted by Gasteiger charge is -2.29. The maximum Gasteiger partial charge on any atom is 0.408 e. The van der Waals surface area contributed by atoms with E-state index in [0.717, 1.165) is 5.56 Å². The monoisotopic (exact) mass is 580 g/mol. The van der Waals surface area contributed by atoms with E-state index in [9.17, 15) is 18.0 Å². The van der Waals surface area contributed by atoms with Gasteiger partial charge in [0.1, 0.15) is 16.6 Å². The van der Waals surface area contributed by atoms with Gasteiger partial charge in [0.15, 0.2) is 0 Å². The highest BCUT2D eigenvalue weighted by Crippen LogP contribution is 2.32. The number of carbonyl (C=O) groups is 2. The van der Waals surface area contributed by atoms with E-state index in [1.165, 1.54) is 23.9 Å². The van der Waals surface area contributed by atoms with Gasteiger partial charge in [-0.15, -0.1) is 11.8 Å². The van der Waals surface area contributed by atoms with Crippen molar-refractivity contribution in [3.63, 3.8) is 0 Å². The number of nitrogens with one attached hydrogen (secondary N) is 2. The Hall–Kier alpha value is -2.76. The normalized spacial score (nSPS) is 13.7. The number of ether oxygens (including phenoxy) is 3. The quantitative estimate of drug-likeness (QED) is 0.348. The van der Waals surface area contributed by atoms with Crippen LogP contribution in [0.2, 0.25) is 0 Å². The summed E-state index contributed by atoms with van der Waals surface area (Å²) in [5.74, 6) is 0.582. The summed E-state index contributed by atoms with van der Waals surface area (Å²) in [6.07, 6.45) is -0.743. The number of benzene rings is 2. The van der Waals surface area contributed by atoms with Crippen LogP contribution in [-0.4, -0.2) is 50.6 Å². The third kappa shape index (κ3) is 10.7. The smallest absolute Gasteiger partial charge is 0.408 e. The fraction of sp³-hybridized carbons (Fsp3) is 0.500. The van der Waals surface area contributed by atoms with Crippen LogP contribution in [0, 0.1) is 0 Å². The maximum absolute atomic E-state index is 13.2. The molecule has 39 heavy (non-hydrogen) atoms. The van der Waals surface area contributed by atoms with Crippen molar-refractivity contribution in [2.45, 2.75) is 81.5 Å². The molecule has 2 aromatic carbocycles. The molecule has 0 radical (unpaired) electrons. The maximum atomic E-state index is 13.2. The van der Waals surface area contributed by atoms with Crippen LogP contribution in [0.15, 0.2) is 53.4 Å². The molecule has 0 aliphatic rings. The average molecular weight is 581 g/mol. The molecule has 2 rings (SSSR count). The zero-order valence-electron chi connectivity index (χ0n) is 23.9. The summed E-state index contributed by atoms with van der Waals surface area (Å²) >= 11 is 1.27. The summed E-state index contributed by atoms with van der Waals surface area (Å²) in [5.41, 5.74) is -0.147. The summed E-state index contributed by atoms with van der Waals surface area (Å²) < 4.78 is 44.8. The van der Waals surface area contributed by atoms with Crippen molar-refractivity contribution in [2.24, 2.45) is 0 Å². The second-order valence-electron chi connectivity index (χ2n) is 10.9. The van der Waals surface area contributed by atoms with E-state index >= 15 is 0 Å². The molecule has 0 saturated heterocycles. The lowest BCUT2D eigenvalue weighted by atomic mass is 10.0. The molecule has 216 valence electrons. The number of hydrogen-bond donors (Lipinski definition) is 2. The van der Waals surface area contributed by atoms with E-state index in [0.29, 0.717) is 17.1 Å². The first-order valence-corrected chi connectivity index (χ1v) is 15.1. The number of carbonyl (C=O) groups excluding carboxylic acids is 2. The summed E-state index contributed by atoms with van der Waals surface area (Å²) in [7, 11) is -2.30. The first-order chi connectivity index (χ1) is 18.0. The van der Waals surface area contributed by atoms with Gasteiger partial charge in [0, 0.05) is 11.3 Å². The van der Waals surface area contributed by atoms with Gasteiger partial charge in [0.2, 0.25) is 10.0 Å². The minimum absolute atomic E-state index is 0.00803. The van der Waals surface area contributed by atoms with Gasteiger partial charge in [-0.2, -0.15) is 0 Å². The molecule has 0 aromatic heterocycles. The van der Waals surface area contributed by atoms with Crippen LogP contribution in [0.4, 0.5) is 4.79 Å². The van der Waals surface area contributed by atoms with E-state index in [4.69, 9.17) is 14.2 Å². The van der Waals surface area contributed by atoms with Gasteiger partial charge in [0.25, 0.3) is 0 Å². The van der Waals surface area contributed by atoms with Crippen molar-refractivity contribution in [3.05, 3.63) is 59.7 Å². The fourth-order valence-electron chi connectivity index (χ4n) is 3.54. The molecule has 0 fully saturated rings. The number of amides is 1. The summed E-state index contributed by atoms with van der Waals surface area (Å²) in [5, 5.41) is 1.88. The minimum Gasteiger partial charge on any atom is -0.497 e. The molecular weight excluding hydrogens is 540 g/mol. The Morgan fingerprint density at radius 3 is 2.18 bits per heavy atom. The van der Waals surface area contributed by atoms with Crippen molar-refractivity contribution in [1.29, 1.82) is 0 Å². The molecule has 11 heteroatoms. The lowest BCUT2D eigenvalue weighted by Crippen LogP contribution is -2.42. The Morgan fingerprint density at radius 2 is 1.64 bits per heavy atom. The molecular formula is C28H40N2O7S2. The highest BCUT2D eigenvalue weighted by molar-refractivity contribution is 7.99. The van der Waals surface area contributed by atoms with Gasteiger partial charge in [0.05, 0.1) is 24.7 Å². The number of sulfonamides is 1. The van der Waals surface area contributed by atoms with Gasteiger partial charge < -0.3 is 19.5 Å². The van der Waals surface area contributed by atoms with Gasteiger partial charge in [-0.3, -0.25) is 4.79 Å². The first-order valence-electron chi connectivity index (χ1n) is 12.6. The van der Waals surface area contributed by atoms with Crippen LogP contribution in [-0.2, 0) is 30.0 Å². The van der Waals surface area contributed by atoms with Crippen molar-refractivity contribution in [2.75, 3.05) is 13.7 Å². The highest BCUT2D eigenvalue weighted by Gasteiger charge is 2.35. The van der Waals surface area contributed by atoms with Crippen molar-refractivity contribution >= 4 is 33.8 Å². The third-order valence-electron chi connectivity index (χ3n) is 5.05. The Kier molecular flexibility index (Phi) is 11.3. The number of thioether (sulfide) groups is 1. The molecule has 0 heterocycles. The molecule has 0 aliphatic heterocycles. The first kappa shape index (κ1) is 32.5. The second kappa shape index (κ2) is 13.5. The lowest BCUT2D eigenvalue weighted by molar-refractivity contribution is -0.143. The molecule has 2 aromatic rings. The van der Waals surface area contributed by atoms with Crippen LogP contribution in [0.1, 0.15) is 65.6 Å². The molecule has 9 nitrogen and oxygen atoms in total. The third-order valence-corrected chi connectivity index (χ3v) is 8.13. The number of hydrogen-bond acceptors (Lipinski definition) is 8. The number of rotatable bonds is 11. The Bertz CT molecular complexity index is 1220. The van der Waals surface area contributed by atoms with Crippen LogP contribution in [0.3, 0.4) is 0 Å². The second-order valence-corrected chi connectivity index (χ2v) is 13.7. The Balaban J connectivity index is 2.52. The summed E-state index contributed by atoms with van der Waals surface area (Å²) in [6, 6.07) is 12.6. The Morgan fingerprint density at radius 1 is 1.00 bits per heavy atom. The standard InChI is InChI=1S/C28H40N2O7S2/c1-9-36-25(31)24(38-18-19-13-15-21(35-8)16-14-19)23(29-26(32)37-28(5,6)7)20-11-10-12-22(17-20)39(33,34)30-27(2,3)4/h10-17,23-24,30H,9,18H2,1-8H3,(H,29,32)/t23-,24-/m1/s1. The van der Waals surface area contributed by atoms with Gasteiger partial charge in [-0.05, 0) is 83.9 Å². The number of alkyl carbamates (subject to hydrolysis) is 1. The molecule has 1 amide bonds. The molecule has 0 unspecified atom stereocenters. The molecule has 0 aliphatic carbocycles. The molecule has 0 bridgehead atoms. The summed E-state index contributed by atoms with van der Waals surface area (Å²) in [4.78, 5) is 26.1. The van der Waals surface area contributed by atoms with Crippen LogP contribution >= 0.6 is 11.8 Å². The zero-order chi connectivity index (χ0) is 29.4. The van der Waals surface area contributed by atoms with Gasteiger partial charge >= 0.3 is 12.1 Å². The average Bonchev–Trinajstić information content (AvgIpc) is 2.81. The SMILES string of the molecule is CCOC(=O)[C@H](SCc1ccc(OC)cc1)[C@H](NC(=O)OC(C)(C)C)c1cccc(S(=O)(=O)NC(C)(C)C)c1. The van der Waals surface area contributed by atoms with Crippen molar-refractivity contribution in [1.82, 2.24) is 10.0 Å². The molecule has 0 spiro atoms. The largest absolute Gasteiger partial charge is 0.497 e. The van der Waals surface area contributed by atoms with Gasteiger partial charge in [-0.25, -0.2) is 17.9 Å². The van der Waals surface area contributed by atoms with Crippen LogP contribution in [0.5, 0.6) is 5.75 Å². The zero-order valence-corrected chi connectivity index (χ0v) is 25.5. The minimum atomic E-state index is -3.88. The summed E-state index contributed by atoms with van der Waals surface area (Å²) in [6.45, 7) is 12.3. The van der Waals surface area contributed by atoms with Crippen LogP contribution < -0.4 is 14.8 Å². The van der Waals surface area contributed by atoms with Crippen molar-refractivity contribution in [3.8, 4) is 5.75 Å². The topological polar surface area (TPSA) is 120 Å². The highest BCUT2D eigenvalue weighted by atomic mass is 32.2. The van der Waals surface area contributed by atoms with E-state index in [1.54, 1.807) is 67.7 Å². The fourth-order valence-corrected chi connectivity index (χ4v) is 6.20. The van der Waals surface area contributed by atoms with E-state index in [1.807, 2.05) is 24.3 Å². The predicted octanol–water partition coefficient (Wildman–Crippen LogP) is 5.20. The Labute approximate surface area is 236 Å². The van der Waals surface area contributed by atoms with E-state index in [2.05, 4.69) is 10.0 Å². The predicted molar refractivity (Wildman–Crippen MR) is 153 cm³/mol. The number of esters is 1. The van der Waals surface area contributed by atoms with Gasteiger partial charge in [-0.1, -0.05) is 24.3 Å². The molecule has 2 atom stereocenters. The van der Waals surface area contributed by atoms with E-state index < -0.39 is 44.5 Å². The number of methoxy groups -OCH3 is 1. The van der Waals surface area contributed by atoms with Crippen LogP contribution in [0.25, 0.3) is 0 Å².